The molecule has 0 saturated carbocycles. The minimum absolute atomic E-state index is 1.05. The molecular weight excluding hydrogens is 262 g/mol. The molecule has 20 heavy (non-hydrogen) atoms. The summed E-state index contributed by atoms with van der Waals surface area (Å²) in [6.07, 6.45) is 9.52. The van der Waals surface area contributed by atoms with Crippen molar-refractivity contribution < 1.29 is 0 Å². The van der Waals surface area contributed by atoms with Crippen LogP contribution in [0.4, 0.5) is 0 Å². The molecule has 0 bridgehead atoms. The average molecular weight is 294 g/mol. The van der Waals surface area contributed by atoms with E-state index in [2.05, 4.69) is 55.8 Å². The molecule has 0 heterocycles. The molecule has 1 nitrogen and oxygen atoms in total. The molecule has 0 aliphatic carbocycles. The summed E-state index contributed by atoms with van der Waals surface area (Å²) in [5.74, 6) is 1.05. The van der Waals surface area contributed by atoms with E-state index in [1.54, 1.807) is 0 Å². The number of benzene rings is 1. The van der Waals surface area contributed by atoms with E-state index in [4.69, 9.17) is 0 Å². The second kappa shape index (κ2) is 11.2. The summed E-state index contributed by atoms with van der Waals surface area (Å²) in [4.78, 5) is 2.44. The average Bonchev–Trinajstić information content (AvgIpc) is 2.42. The highest BCUT2D eigenvalue weighted by molar-refractivity contribution is 7.80. The maximum absolute atomic E-state index is 4.24. The number of unbranched alkanes of at least 4 members (excludes halogenated alkanes) is 6. The van der Waals surface area contributed by atoms with Crippen LogP contribution in [0, 0.1) is 6.92 Å². The van der Waals surface area contributed by atoms with Crippen molar-refractivity contribution in [1.29, 1.82) is 0 Å². The number of rotatable bonds is 11. The van der Waals surface area contributed by atoms with Gasteiger partial charge in [-0.25, -0.2) is 0 Å². The molecule has 0 N–H and O–H groups in total. The maximum atomic E-state index is 4.24. The first kappa shape index (κ1) is 17.6. The molecular formula is C18H31NS. The van der Waals surface area contributed by atoms with Gasteiger partial charge < -0.3 is 4.90 Å². The van der Waals surface area contributed by atoms with Crippen LogP contribution in [0.1, 0.15) is 56.1 Å². The van der Waals surface area contributed by atoms with Crippen molar-refractivity contribution in [2.45, 2.75) is 58.4 Å². The van der Waals surface area contributed by atoms with Crippen LogP contribution in [0.2, 0.25) is 0 Å². The Hall–Kier alpha value is -0.470. The first-order valence-electron chi connectivity index (χ1n) is 8.07. The lowest BCUT2D eigenvalue weighted by Gasteiger charge is -2.16. The fourth-order valence-electron chi connectivity index (χ4n) is 2.58. The third kappa shape index (κ3) is 8.65. The molecule has 0 saturated heterocycles. The quantitative estimate of drug-likeness (QED) is 0.439. The molecule has 1 aromatic rings. The van der Waals surface area contributed by atoms with Gasteiger partial charge in [0, 0.05) is 6.54 Å². The zero-order valence-electron chi connectivity index (χ0n) is 13.3. The van der Waals surface area contributed by atoms with Gasteiger partial charge in [-0.3, -0.25) is 0 Å². The van der Waals surface area contributed by atoms with Gasteiger partial charge >= 0.3 is 0 Å². The predicted molar refractivity (Wildman–Crippen MR) is 93.7 cm³/mol. The number of aryl methyl sites for hydroxylation is 1. The van der Waals surface area contributed by atoms with Crippen LogP contribution in [-0.2, 0) is 6.54 Å². The molecule has 0 atom stereocenters. The molecule has 0 radical (unpaired) electrons. The summed E-state index contributed by atoms with van der Waals surface area (Å²) >= 11 is 4.24. The smallest absolute Gasteiger partial charge is 0.0230 e. The number of hydrogen-bond acceptors (Lipinski definition) is 2. The Morgan fingerprint density at radius 1 is 0.950 bits per heavy atom. The monoisotopic (exact) mass is 293 g/mol. The van der Waals surface area contributed by atoms with Crippen molar-refractivity contribution in [3.05, 3.63) is 35.4 Å². The van der Waals surface area contributed by atoms with Crippen molar-refractivity contribution in [1.82, 2.24) is 4.90 Å². The molecule has 2 heteroatoms. The van der Waals surface area contributed by atoms with Crippen LogP contribution in [0.3, 0.4) is 0 Å². The van der Waals surface area contributed by atoms with E-state index in [-0.39, 0.29) is 0 Å². The summed E-state index contributed by atoms with van der Waals surface area (Å²) < 4.78 is 0. The second-order valence-corrected chi connectivity index (χ2v) is 6.37. The Morgan fingerprint density at radius 3 is 2.25 bits per heavy atom. The topological polar surface area (TPSA) is 3.24 Å². The molecule has 0 amide bonds. The largest absolute Gasteiger partial charge is 0.302 e. The van der Waals surface area contributed by atoms with Gasteiger partial charge in [0.25, 0.3) is 0 Å². The molecule has 0 aromatic heterocycles. The van der Waals surface area contributed by atoms with Crippen LogP contribution < -0.4 is 0 Å². The molecule has 0 aliphatic heterocycles. The Morgan fingerprint density at radius 2 is 1.60 bits per heavy atom. The van der Waals surface area contributed by atoms with Crippen LogP contribution in [0.15, 0.2) is 24.3 Å². The van der Waals surface area contributed by atoms with Crippen molar-refractivity contribution in [3.63, 3.8) is 0 Å². The van der Waals surface area contributed by atoms with E-state index in [1.165, 1.54) is 62.6 Å². The SMILES string of the molecule is Cc1cccc(CN(C)CCCCCCCCCS)c1. The maximum Gasteiger partial charge on any atom is 0.0230 e. The van der Waals surface area contributed by atoms with E-state index < -0.39 is 0 Å². The lowest BCUT2D eigenvalue weighted by atomic mass is 10.1. The Kier molecular flexibility index (Phi) is 9.86. The van der Waals surface area contributed by atoms with E-state index in [1.807, 2.05) is 0 Å². The van der Waals surface area contributed by atoms with Gasteiger partial charge in [0.2, 0.25) is 0 Å². The lowest BCUT2D eigenvalue weighted by molar-refractivity contribution is 0.316. The summed E-state index contributed by atoms with van der Waals surface area (Å²) in [6.45, 7) is 4.45. The molecule has 1 aromatic carbocycles. The highest BCUT2D eigenvalue weighted by Gasteiger charge is 2.00. The summed E-state index contributed by atoms with van der Waals surface area (Å²) in [7, 11) is 2.23. The summed E-state index contributed by atoms with van der Waals surface area (Å²) in [5.41, 5.74) is 2.79. The lowest BCUT2D eigenvalue weighted by Crippen LogP contribution is -2.19. The van der Waals surface area contributed by atoms with Crippen molar-refractivity contribution in [3.8, 4) is 0 Å². The number of thiol groups is 1. The minimum atomic E-state index is 1.05. The normalized spacial score (nSPS) is 11.2. The van der Waals surface area contributed by atoms with Gasteiger partial charge in [-0.05, 0) is 44.7 Å². The fourth-order valence-corrected chi connectivity index (χ4v) is 2.80. The second-order valence-electron chi connectivity index (χ2n) is 5.93. The third-order valence-electron chi connectivity index (χ3n) is 3.73. The standard InChI is InChI=1S/C18H31NS/c1-17-11-10-12-18(15-17)16-19(2)13-8-6-4-3-5-7-9-14-20/h10-12,15,20H,3-9,13-14,16H2,1-2H3. The van der Waals surface area contributed by atoms with Crippen LogP contribution >= 0.6 is 12.6 Å². The molecule has 0 spiro atoms. The van der Waals surface area contributed by atoms with Crippen LogP contribution in [0.25, 0.3) is 0 Å². The first-order valence-corrected chi connectivity index (χ1v) is 8.70. The Labute approximate surface area is 131 Å². The minimum Gasteiger partial charge on any atom is -0.302 e. The van der Waals surface area contributed by atoms with Gasteiger partial charge in [-0.15, -0.1) is 0 Å². The van der Waals surface area contributed by atoms with E-state index in [9.17, 15) is 0 Å². The van der Waals surface area contributed by atoms with Crippen molar-refractivity contribution in [2.24, 2.45) is 0 Å². The third-order valence-corrected chi connectivity index (χ3v) is 4.05. The number of nitrogens with zero attached hydrogens (tertiary/aromatic N) is 1. The van der Waals surface area contributed by atoms with Gasteiger partial charge in [-0.1, -0.05) is 61.9 Å². The van der Waals surface area contributed by atoms with E-state index in [0.29, 0.717) is 0 Å². The van der Waals surface area contributed by atoms with E-state index in [0.717, 1.165) is 12.3 Å². The zero-order chi connectivity index (χ0) is 14.6. The highest BCUT2D eigenvalue weighted by Crippen LogP contribution is 2.10. The summed E-state index contributed by atoms with van der Waals surface area (Å²) in [5, 5.41) is 0. The Balaban J connectivity index is 2.01. The first-order chi connectivity index (χ1) is 9.72. The van der Waals surface area contributed by atoms with Crippen molar-refractivity contribution >= 4 is 12.6 Å². The highest BCUT2D eigenvalue weighted by atomic mass is 32.1. The number of hydrogen-bond donors (Lipinski definition) is 1. The van der Waals surface area contributed by atoms with Gasteiger partial charge in [-0.2, -0.15) is 12.6 Å². The Bertz CT molecular complexity index is 351. The van der Waals surface area contributed by atoms with Gasteiger partial charge in [0.1, 0.15) is 0 Å². The molecule has 0 fully saturated rings. The predicted octanol–water partition coefficient (Wildman–Crippen LogP) is 5.09. The van der Waals surface area contributed by atoms with Crippen molar-refractivity contribution in [2.75, 3.05) is 19.3 Å². The van der Waals surface area contributed by atoms with E-state index >= 15 is 0 Å². The molecule has 114 valence electrons. The zero-order valence-corrected chi connectivity index (χ0v) is 14.2. The van der Waals surface area contributed by atoms with Gasteiger partial charge in [0.05, 0.1) is 0 Å². The molecule has 0 unspecified atom stereocenters. The molecule has 1 rings (SSSR count). The van der Waals surface area contributed by atoms with Crippen LogP contribution in [0.5, 0.6) is 0 Å². The molecule has 0 aliphatic rings. The summed E-state index contributed by atoms with van der Waals surface area (Å²) in [6, 6.07) is 8.84. The van der Waals surface area contributed by atoms with Gasteiger partial charge in [0.15, 0.2) is 0 Å². The fraction of sp³-hybridized carbons (Fsp3) is 0.667. The van der Waals surface area contributed by atoms with Crippen LogP contribution in [-0.4, -0.2) is 24.2 Å².